The average Bonchev–Trinajstić information content (AvgIpc) is 2.27. The van der Waals surface area contributed by atoms with Gasteiger partial charge in [0.05, 0.1) is 6.54 Å². The largest absolute Gasteiger partial charge is 0.401 e. The Morgan fingerprint density at radius 3 is 2.57 bits per heavy atom. The van der Waals surface area contributed by atoms with Crippen LogP contribution in [0, 0.1) is 0 Å². The van der Waals surface area contributed by atoms with Gasteiger partial charge >= 0.3 is 6.18 Å². The van der Waals surface area contributed by atoms with Gasteiger partial charge in [0.2, 0.25) is 0 Å². The molecule has 0 aromatic carbocycles. The van der Waals surface area contributed by atoms with E-state index >= 15 is 0 Å². The highest BCUT2D eigenvalue weighted by Gasteiger charge is 2.50. The number of fused-ring (bicyclic) bond motifs is 2. The lowest BCUT2D eigenvalue weighted by Crippen LogP contribution is -2.53. The smallest absolute Gasteiger partial charge is 0.376 e. The van der Waals surface area contributed by atoms with Crippen molar-refractivity contribution in [3.05, 3.63) is 0 Å². The van der Waals surface area contributed by atoms with Crippen LogP contribution in [0.5, 0.6) is 0 Å². The first-order chi connectivity index (χ1) is 6.41. The number of hydrogen-bond acceptors (Lipinski definition) is 2. The molecule has 2 bridgehead atoms. The molecule has 2 unspecified atom stereocenters. The van der Waals surface area contributed by atoms with Gasteiger partial charge < -0.3 is 5.11 Å². The van der Waals surface area contributed by atoms with Crippen molar-refractivity contribution in [3.63, 3.8) is 0 Å². The first-order valence-electron chi connectivity index (χ1n) is 4.97. The summed E-state index contributed by atoms with van der Waals surface area (Å²) in [5, 5.41) is 9.97. The van der Waals surface area contributed by atoms with Crippen molar-refractivity contribution < 1.29 is 18.3 Å². The van der Waals surface area contributed by atoms with Crippen LogP contribution in [-0.2, 0) is 0 Å². The Morgan fingerprint density at radius 2 is 2.00 bits per heavy atom. The molecule has 0 radical (unpaired) electrons. The van der Waals surface area contributed by atoms with Crippen LogP contribution in [-0.4, -0.2) is 34.5 Å². The predicted octanol–water partition coefficient (Wildman–Crippen LogP) is 1.89. The molecule has 2 heterocycles. The highest BCUT2D eigenvalue weighted by Crippen LogP contribution is 2.43. The van der Waals surface area contributed by atoms with Crippen LogP contribution in [0.4, 0.5) is 13.2 Å². The first-order valence-corrected chi connectivity index (χ1v) is 4.97. The van der Waals surface area contributed by atoms with E-state index < -0.39 is 18.4 Å². The van der Waals surface area contributed by atoms with Crippen molar-refractivity contribution in [3.8, 4) is 0 Å². The molecular formula is C9H14F3NO. The Morgan fingerprint density at radius 1 is 1.29 bits per heavy atom. The summed E-state index contributed by atoms with van der Waals surface area (Å²) in [5.41, 5.74) is -1.17. The molecule has 2 rings (SSSR count). The summed E-state index contributed by atoms with van der Waals surface area (Å²) in [6.45, 7) is -0.964. The fourth-order valence-electron chi connectivity index (χ4n) is 2.70. The normalized spacial score (nSPS) is 39.0. The molecule has 2 aliphatic heterocycles. The maximum Gasteiger partial charge on any atom is 0.401 e. The lowest BCUT2D eigenvalue weighted by atomic mass is 10.00. The van der Waals surface area contributed by atoms with Gasteiger partial charge in [0, 0.05) is 6.04 Å². The van der Waals surface area contributed by atoms with Gasteiger partial charge in [-0.2, -0.15) is 13.2 Å². The van der Waals surface area contributed by atoms with Crippen LogP contribution in [0.15, 0.2) is 0 Å². The van der Waals surface area contributed by atoms with Gasteiger partial charge in [-0.3, -0.25) is 4.90 Å². The van der Waals surface area contributed by atoms with Gasteiger partial charge in [0.1, 0.15) is 5.72 Å². The summed E-state index contributed by atoms with van der Waals surface area (Å²) < 4.78 is 36.7. The molecule has 0 aromatic heterocycles. The summed E-state index contributed by atoms with van der Waals surface area (Å²) in [5.74, 6) is 0. The summed E-state index contributed by atoms with van der Waals surface area (Å²) in [6.07, 6.45) is -0.887. The molecule has 0 aliphatic carbocycles. The second kappa shape index (κ2) is 3.10. The van der Waals surface area contributed by atoms with Crippen molar-refractivity contribution in [2.45, 2.75) is 50.0 Å². The number of piperidine rings is 1. The number of hydrogen-bond donors (Lipinski definition) is 1. The number of halogens is 3. The topological polar surface area (TPSA) is 23.5 Å². The van der Waals surface area contributed by atoms with E-state index in [1.54, 1.807) is 0 Å². The Labute approximate surface area is 80.7 Å². The van der Waals surface area contributed by atoms with Crippen molar-refractivity contribution in [2.24, 2.45) is 0 Å². The minimum atomic E-state index is -4.20. The van der Waals surface area contributed by atoms with Crippen molar-refractivity contribution in [2.75, 3.05) is 6.54 Å². The van der Waals surface area contributed by atoms with E-state index in [2.05, 4.69) is 0 Å². The molecule has 82 valence electrons. The Hall–Kier alpha value is -0.290. The van der Waals surface area contributed by atoms with E-state index in [1.807, 2.05) is 0 Å². The van der Waals surface area contributed by atoms with Crippen molar-refractivity contribution in [1.29, 1.82) is 0 Å². The van der Waals surface area contributed by atoms with E-state index in [-0.39, 0.29) is 6.04 Å². The second-order valence-electron chi connectivity index (χ2n) is 4.31. The van der Waals surface area contributed by atoms with E-state index in [0.717, 1.165) is 12.8 Å². The predicted molar refractivity (Wildman–Crippen MR) is 44.6 cm³/mol. The van der Waals surface area contributed by atoms with Crippen molar-refractivity contribution >= 4 is 0 Å². The van der Waals surface area contributed by atoms with Crippen LogP contribution >= 0.6 is 0 Å². The average molecular weight is 209 g/mol. The summed E-state index contributed by atoms with van der Waals surface area (Å²) in [6, 6.07) is -0.0598. The fourth-order valence-corrected chi connectivity index (χ4v) is 2.70. The van der Waals surface area contributed by atoms with Gasteiger partial charge in [0.25, 0.3) is 0 Å². The molecule has 1 N–H and O–H groups in total. The van der Waals surface area contributed by atoms with E-state index in [9.17, 15) is 18.3 Å². The molecule has 0 saturated carbocycles. The standard InChI is InChI=1S/C9H14F3NO/c10-9(11,12)6-13-7-2-1-4-8(13,14)5-3-7/h7,14H,1-6H2. The number of nitrogens with zero attached hydrogens (tertiary/aromatic N) is 1. The molecule has 0 amide bonds. The maximum absolute atomic E-state index is 12.2. The molecule has 0 aromatic rings. The fraction of sp³-hybridized carbons (Fsp3) is 1.00. The Balaban J connectivity index is 2.11. The Bertz CT molecular complexity index is 227. The Kier molecular flexibility index (Phi) is 2.27. The summed E-state index contributed by atoms with van der Waals surface area (Å²) in [4.78, 5) is 1.25. The van der Waals surface area contributed by atoms with Gasteiger partial charge in [-0.05, 0) is 32.1 Å². The molecule has 2 atom stereocenters. The molecule has 2 nitrogen and oxygen atoms in total. The van der Waals surface area contributed by atoms with Gasteiger partial charge in [0.15, 0.2) is 0 Å². The molecule has 14 heavy (non-hydrogen) atoms. The van der Waals surface area contributed by atoms with Crippen LogP contribution in [0.2, 0.25) is 0 Å². The van der Waals surface area contributed by atoms with Crippen LogP contribution < -0.4 is 0 Å². The third-order valence-electron chi connectivity index (χ3n) is 3.32. The SMILES string of the molecule is OC12CCCC(CC1)N2CC(F)(F)F. The molecule has 5 heteroatoms. The highest BCUT2D eigenvalue weighted by atomic mass is 19.4. The summed E-state index contributed by atoms with van der Waals surface area (Å²) in [7, 11) is 0. The summed E-state index contributed by atoms with van der Waals surface area (Å²) >= 11 is 0. The quantitative estimate of drug-likeness (QED) is 0.712. The second-order valence-corrected chi connectivity index (χ2v) is 4.31. The first kappa shape index (κ1) is 10.2. The van der Waals surface area contributed by atoms with Gasteiger partial charge in [-0.15, -0.1) is 0 Å². The lowest BCUT2D eigenvalue weighted by molar-refractivity contribution is -0.201. The van der Waals surface area contributed by atoms with Crippen LogP contribution in [0.3, 0.4) is 0 Å². The van der Waals surface area contributed by atoms with E-state index in [1.165, 1.54) is 4.90 Å². The van der Waals surface area contributed by atoms with E-state index in [0.29, 0.717) is 19.3 Å². The third-order valence-corrected chi connectivity index (χ3v) is 3.32. The minimum Gasteiger partial charge on any atom is -0.376 e. The molecule has 2 fully saturated rings. The number of rotatable bonds is 1. The van der Waals surface area contributed by atoms with Gasteiger partial charge in [-0.25, -0.2) is 0 Å². The lowest BCUT2D eigenvalue weighted by Gasteiger charge is -2.41. The molecular weight excluding hydrogens is 195 g/mol. The number of alkyl halides is 3. The molecule has 2 saturated heterocycles. The minimum absolute atomic E-state index is 0.0598. The van der Waals surface area contributed by atoms with Crippen molar-refractivity contribution in [1.82, 2.24) is 4.90 Å². The molecule has 0 spiro atoms. The van der Waals surface area contributed by atoms with Crippen LogP contribution in [0.25, 0.3) is 0 Å². The highest BCUT2D eigenvalue weighted by molar-refractivity contribution is 4.97. The number of aliphatic hydroxyl groups is 1. The zero-order chi connectivity index (χ0) is 10.4. The maximum atomic E-state index is 12.2. The molecule has 2 aliphatic rings. The van der Waals surface area contributed by atoms with E-state index in [4.69, 9.17) is 0 Å². The van der Waals surface area contributed by atoms with Gasteiger partial charge in [-0.1, -0.05) is 0 Å². The zero-order valence-corrected chi connectivity index (χ0v) is 7.85. The zero-order valence-electron chi connectivity index (χ0n) is 7.85. The monoisotopic (exact) mass is 209 g/mol. The van der Waals surface area contributed by atoms with Crippen LogP contribution in [0.1, 0.15) is 32.1 Å². The third kappa shape index (κ3) is 1.75.